The largest absolute Gasteiger partial charge is 0.354 e. The molecule has 0 spiro atoms. The highest BCUT2D eigenvalue weighted by Crippen LogP contribution is 2.39. The molecular weight excluding hydrogens is 321 g/mol. The van der Waals surface area contributed by atoms with Gasteiger partial charge in [-0.1, -0.05) is 19.8 Å². The fraction of sp³-hybridized carbons (Fsp3) is 0.895. The summed E-state index contributed by atoms with van der Waals surface area (Å²) in [6, 6.07) is -0.706. The number of piperidine rings is 1. The molecule has 8 atom stereocenters. The molecule has 25 heavy (non-hydrogen) atoms. The van der Waals surface area contributed by atoms with E-state index in [9.17, 15) is 14.0 Å². The van der Waals surface area contributed by atoms with Crippen molar-refractivity contribution in [1.82, 2.24) is 16.0 Å². The lowest BCUT2D eigenvalue weighted by Crippen LogP contribution is -2.61. The summed E-state index contributed by atoms with van der Waals surface area (Å²) in [5.74, 6) is 0.885. The van der Waals surface area contributed by atoms with Crippen molar-refractivity contribution in [2.45, 2.75) is 76.2 Å². The minimum Gasteiger partial charge on any atom is -0.354 e. The Morgan fingerprint density at radius 2 is 1.96 bits per heavy atom. The maximum atomic E-state index is 14.3. The van der Waals surface area contributed by atoms with Crippen molar-refractivity contribution in [2.24, 2.45) is 23.7 Å². The van der Waals surface area contributed by atoms with Crippen molar-refractivity contribution in [2.75, 3.05) is 6.54 Å². The Balaban J connectivity index is 1.42. The lowest BCUT2D eigenvalue weighted by molar-refractivity contribution is -0.134. The Morgan fingerprint density at radius 1 is 1.16 bits per heavy atom. The predicted octanol–water partition coefficient (Wildman–Crippen LogP) is 1.52. The van der Waals surface area contributed by atoms with E-state index in [4.69, 9.17) is 0 Å². The maximum absolute atomic E-state index is 14.3. The first-order valence-corrected chi connectivity index (χ1v) is 10.0. The van der Waals surface area contributed by atoms with E-state index in [1.807, 2.05) is 0 Å². The smallest absolute Gasteiger partial charge is 0.242 e. The molecule has 2 aliphatic carbocycles. The Morgan fingerprint density at radius 3 is 2.76 bits per heavy atom. The van der Waals surface area contributed by atoms with Crippen LogP contribution >= 0.6 is 0 Å². The number of fused-ring (bicyclic) bond motifs is 2. The summed E-state index contributed by atoms with van der Waals surface area (Å²) < 4.78 is 14.3. The molecule has 0 aromatic carbocycles. The van der Waals surface area contributed by atoms with E-state index in [-0.39, 0.29) is 35.7 Å². The molecule has 0 radical (unpaired) electrons. The molecule has 6 heteroatoms. The third-order valence-corrected chi connectivity index (χ3v) is 7.17. The van der Waals surface area contributed by atoms with Crippen molar-refractivity contribution in [1.29, 1.82) is 0 Å². The van der Waals surface area contributed by atoms with Crippen molar-refractivity contribution in [3.63, 3.8) is 0 Å². The molecule has 2 saturated carbocycles. The highest BCUT2D eigenvalue weighted by molar-refractivity contribution is 5.90. The first kappa shape index (κ1) is 17.3. The molecule has 4 rings (SSSR count). The second kappa shape index (κ2) is 6.86. The van der Waals surface area contributed by atoms with Crippen LogP contribution in [-0.4, -0.2) is 42.7 Å². The number of carbonyl (C=O) groups is 2. The zero-order chi connectivity index (χ0) is 17.6. The molecule has 5 nitrogen and oxygen atoms in total. The molecular formula is C19H30FN3O2. The minimum atomic E-state index is -0.813. The molecule has 4 fully saturated rings. The summed E-state index contributed by atoms with van der Waals surface area (Å²) >= 11 is 0. The molecule has 0 aromatic rings. The topological polar surface area (TPSA) is 70.2 Å². The van der Waals surface area contributed by atoms with Gasteiger partial charge in [-0.2, -0.15) is 0 Å². The molecule has 2 saturated heterocycles. The second-order valence-electron chi connectivity index (χ2n) is 8.66. The van der Waals surface area contributed by atoms with E-state index >= 15 is 0 Å². The van der Waals surface area contributed by atoms with Crippen LogP contribution in [0.5, 0.6) is 0 Å². The van der Waals surface area contributed by atoms with Gasteiger partial charge >= 0.3 is 0 Å². The summed E-state index contributed by atoms with van der Waals surface area (Å²) in [4.78, 5) is 25.2. The van der Waals surface area contributed by atoms with Gasteiger partial charge < -0.3 is 16.0 Å². The fourth-order valence-electron chi connectivity index (χ4n) is 5.69. The molecule has 3 N–H and O–H groups in total. The van der Waals surface area contributed by atoms with Crippen LogP contribution in [0, 0.1) is 23.7 Å². The van der Waals surface area contributed by atoms with E-state index in [2.05, 4.69) is 22.9 Å². The number of hydrogen-bond donors (Lipinski definition) is 3. The Bertz CT molecular complexity index is 525. The van der Waals surface area contributed by atoms with Gasteiger partial charge in [0.25, 0.3) is 0 Å². The average Bonchev–Trinajstić information content (AvgIpc) is 3.07. The SMILES string of the molecule is CC1CCC(F)C2CC(C(=O)NC3C(=O)NCC4CCCCC43)NC12. The van der Waals surface area contributed by atoms with E-state index in [0.29, 0.717) is 24.7 Å². The minimum absolute atomic E-state index is 0.0522. The van der Waals surface area contributed by atoms with E-state index in [1.54, 1.807) is 0 Å². The van der Waals surface area contributed by atoms with Crippen molar-refractivity contribution in [3.8, 4) is 0 Å². The van der Waals surface area contributed by atoms with Gasteiger partial charge in [0.05, 0.1) is 6.04 Å². The van der Waals surface area contributed by atoms with E-state index in [0.717, 1.165) is 32.2 Å². The summed E-state index contributed by atoms with van der Waals surface area (Å²) in [6.45, 7) is 2.88. The van der Waals surface area contributed by atoms with Crippen molar-refractivity contribution in [3.05, 3.63) is 0 Å². The van der Waals surface area contributed by atoms with Crippen LogP contribution in [-0.2, 0) is 9.59 Å². The van der Waals surface area contributed by atoms with Gasteiger partial charge in [0, 0.05) is 18.5 Å². The fourth-order valence-corrected chi connectivity index (χ4v) is 5.69. The number of hydrogen-bond acceptors (Lipinski definition) is 3. The number of amides is 2. The molecule has 140 valence electrons. The van der Waals surface area contributed by atoms with E-state index < -0.39 is 12.2 Å². The number of halogens is 1. The van der Waals surface area contributed by atoms with E-state index in [1.165, 1.54) is 6.42 Å². The normalized spacial score (nSPS) is 46.7. The van der Waals surface area contributed by atoms with Crippen LogP contribution in [0.3, 0.4) is 0 Å². The Labute approximate surface area is 148 Å². The van der Waals surface area contributed by atoms with Gasteiger partial charge in [-0.05, 0) is 49.9 Å². The summed E-state index contributed by atoms with van der Waals surface area (Å²) in [5, 5.41) is 9.34. The van der Waals surface area contributed by atoms with Gasteiger partial charge in [-0.15, -0.1) is 0 Å². The third-order valence-electron chi connectivity index (χ3n) is 7.17. The van der Waals surface area contributed by atoms with Gasteiger partial charge in [0.15, 0.2) is 0 Å². The van der Waals surface area contributed by atoms with Gasteiger partial charge in [-0.25, -0.2) is 4.39 Å². The standard InChI is InChI=1S/C19H30FN3O2/c1-10-6-7-14(20)13-8-15(22-16(10)13)18(24)23-17-12-5-3-2-4-11(12)9-21-19(17)25/h10-17,22H,2-9H2,1H3,(H,21,25)(H,23,24). The van der Waals surface area contributed by atoms with Crippen LogP contribution in [0.15, 0.2) is 0 Å². The number of rotatable bonds is 2. The van der Waals surface area contributed by atoms with Crippen LogP contribution in [0.4, 0.5) is 4.39 Å². The number of alkyl halides is 1. The molecule has 0 bridgehead atoms. The van der Waals surface area contributed by atoms with Crippen LogP contribution < -0.4 is 16.0 Å². The first-order chi connectivity index (χ1) is 12.0. The summed E-state index contributed by atoms with van der Waals surface area (Å²) in [6.07, 6.45) is 5.69. The highest BCUT2D eigenvalue weighted by Gasteiger charge is 2.47. The Hall–Kier alpha value is -1.17. The molecule has 8 unspecified atom stereocenters. The Kier molecular flexibility index (Phi) is 4.73. The molecule has 2 heterocycles. The number of nitrogens with one attached hydrogen (secondary N) is 3. The zero-order valence-corrected chi connectivity index (χ0v) is 15.0. The van der Waals surface area contributed by atoms with Crippen LogP contribution in [0.2, 0.25) is 0 Å². The quantitative estimate of drug-likeness (QED) is 0.706. The second-order valence-corrected chi connectivity index (χ2v) is 8.66. The summed E-state index contributed by atoms with van der Waals surface area (Å²) in [7, 11) is 0. The van der Waals surface area contributed by atoms with Crippen molar-refractivity contribution >= 4 is 11.8 Å². The molecule has 0 aromatic heterocycles. The summed E-state index contributed by atoms with van der Waals surface area (Å²) in [5.41, 5.74) is 0. The van der Waals surface area contributed by atoms with Gasteiger partial charge in [0.2, 0.25) is 11.8 Å². The predicted molar refractivity (Wildman–Crippen MR) is 92.5 cm³/mol. The third kappa shape index (κ3) is 3.18. The van der Waals surface area contributed by atoms with Crippen LogP contribution in [0.25, 0.3) is 0 Å². The monoisotopic (exact) mass is 351 g/mol. The lowest BCUT2D eigenvalue weighted by atomic mass is 9.73. The molecule has 2 amide bonds. The highest BCUT2D eigenvalue weighted by atomic mass is 19.1. The number of carbonyl (C=O) groups excluding carboxylic acids is 2. The first-order valence-electron chi connectivity index (χ1n) is 10.0. The zero-order valence-electron chi connectivity index (χ0n) is 15.0. The van der Waals surface area contributed by atoms with Gasteiger partial charge in [0.1, 0.15) is 12.2 Å². The maximum Gasteiger partial charge on any atom is 0.242 e. The molecule has 4 aliphatic rings. The lowest BCUT2D eigenvalue weighted by Gasteiger charge is -2.41. The van der Waals surface area contributed by atoms with Crippen LogP contribution in [0.1, 0.15) is 51.9 Å². The average molecular weight is 351 g/mol. The molecule has 2 aliphatic heterocycles. The van der Waals surface area contributed by atoms with Gasteiger partial charge in [-0.3, -0.25) is 9.59 Å². The van der Waals surface area contributed by atoms with Crippen molar-refractivity contribution < 1.29 is 14.0 Å².